The van der Waals surface area contributed by atoms with E-state index in [1.165, 1.54) is 5.56 Å². The highest BCUT2D eigenvalue weighted by atomic mass is 16.6. The minimum atomic E-state index is 0.436. The van der Waals surface area contributed by atoms with E-state index in [-0.39, 0.29) is 0 Å². The Labute approximate surface area is 227 Å². The van der Waals surface area contributed by atoms with E-state index in [2.05, 4.69) is 25.1 Å². The molecule has 3 aromatic carbocycles. The summed E-state index contributed by atoms with van der Waals surface area (Å²) < 4.78 is 45.3. The molecule has 2 heterocycles. The molecule has 0 N–H and O–H groups in total. The highest BCUT2D eigenvalue weighted by Gasteiger charge is 2.19. The van der Waals surface area contributed by atoms with Crippen LogP contribution in [0, 0.1) is 0 Å². The van der Waals surface area contributed by atoms with Crippen LogP contribution in [0.4, 0.5) is 0 Å². The summed E-state index contributed by atoms with van der Waals surface area (Å²) in [6.45, 7) is 7.41. The molecule has 0 aliphatic carbocycles. The molecule has 0 saturated carbocycles. The normalized spacial score (nSPS) is 11.9. The van der Waals surface area contributed by atoms with Crippen molar-refractivity contribution in [2.24, 2.45) is 0 Å². The molecule has 39 heavy (non-hydrogen) atoms. The van der Waals surface area contributed by atoms with Crippen LogP contribution in [-0.4, -0.2) is 73.2 Å². The molecule has 0 bridgehead atoms. The van der Waals surface area contributed by atoms with Crippen molar-refractivity contribution < 1.29 is 37.3 Å². The van der Waals surface area contributed by atoms with Gasteiger partial charge >= 0.3 is 0 Å². The maximum absolute atomic E-state index is 6.36. The molecule has 0 amide bonds. The SMILES string of the molecule is CCc1cc2c3ccccc3oc2c2oc3cc(OCCOCCOCCOCCOCCOC)ccc3c12. The van der Waals surface area contributed by atoms with Crippen molar-refractivity contribution in [2.75, 3.05) is 73.2 Å². The molecule has 0 spiro atoms. The van der Waals surface area contributed by atoms with Crippen molar-refractivity contribution in [2.45, 2.75) is 13.3 Å². The van der Waals surface area contributed by atoms with Gasteiger partial charge in [0.2, 0.25) is 0 Å². The van der Waals surface area contributed by atoms with Crippen molar-refractivity contribution in [3.8, 4) is 5.75 Å². The Hall–Kier alpha value is -3.14. The molecule has 0 fully saturated rings. The first-order chi connectivity index (χ1) is 19.3. The molecule has 208 valence electrons. The third-order valence-corrected chi connectivity index (χ3v) is 6.57. The first-order valence-electron chi connectivity index (χ1n) is 13.5. The Bertz CT molecular complexity index is 1480. The van der Waals surface area contributed by atoms with Gasteiger partial charge in [0.05, 0.1) is 59.5 Å². The van der Waals surface area contributed by atoms with Crippen LogP contribution in [0.5, 0.6) is 5.75 Å². The van der Waals surface area contributed by atoms with Gasteiger partial charge in [0.15, 0.2) is 11.2 Å². The summed E-state index contributed by atoms with van der Waals surface area (Å²) in [7, 11) is 1.65. The molecule has 5 aromatic rings. The third-order valence-electron chi connectivity index (χ3n) is 6.57. The minimum Gasteiger partial charge on any atom is -0.491 e. The number of ether oxygens (including phenoxy) is 6. The number of rotatable bonds is 17. The predicted molar refractivity (Wildman–Crippen MR) is 151 cm³/mol. The fourth-order valence-corrected chi connectivity index (χ4v) is 4.67. The molecular weight excluding hydrogens is 500 g/mol. The summed E-state index contributed by atoms with van der Waals surface area (Å²) >= 11 is 0. The number of methoxy groups -OCH3 is 1. The Morgan fingerprint density at radius 1 is 0.590 bits per heavy atom. The van der Waals surface area contributed by atoms with Gasteiger partial charge in [0, 0.05) is 34.7 Å². The van der Waals surface area contributed by atoms with Gasteiger partial charge in [-0.1, -0.05) is 25.1 Å². The highest BCUT2D eigenvalue weighted by molar-refractivity contribution is 6.20. The zero-order valence-corrected chi connectivity index (χ0v) is 22.7. The van der Waals surface area contributed by atoms with Crippen LogP contribution in [0.15, 0.2) is 57.4 Å². The first kappa shape index (κ1) is 27.4. The van der Waals surface area contributed by atoms with E-state index in [0.717, 1.165) is 56.0 Å². The second-order valence-electron chi connectivity index (χ2n) is 9.12. The second-order valence-corrected chi connectivity index (χ2v) is 9.12. The lowest BCUT2D eigenvalue weighted by molar-refractivity contribution is -0.00978. The topological polar surface area (TPSA) is 81.7 Å². The van der Waals surface area contributed by atoms with Crippen molar-refractivity contribution >= 4 is 43.9 Å². The molecular formula is C31H36O8. The number of fused-ring (bicyclic) bond motifs is 7. The quantitative estimate of drug-likeness (QED) is 0.131. The zero-order chi connectivity index (χ0) is 26.9. The lowest BCUT2D eigenvalue weighted by Crippen LogP contribution is -2.14. The monoisotopic (exact) mass is 536 g/mol. The number of aryl methyl sites for hydroxylation is 1. The second kappa shape index (κ2) is 13.8. The Balaban J connectivity index is 1.09. The molecule has 5 rings (SSSR count). The van der Waals surface area contributed by atoms with Crippen LogP contribution in [-0.2, 0) is 30.1 Å². The minimum absolute atomic E-state index is 0.436. The molecule has 2 aromatic heterocycles. The van der Waals surface area contributed by atoms with E-state index < -0.39 is 0 Å². The lowest BCUT2D eigenvalue weighted by atomic mass is 10.0. The number of benzene rings is 3. The average Bonchev–Trinajstić information content (AvgIpc) is 3.53. The van der Waals surface area contributed by atoms with E-state index in [0.29, 0.717) is 66.1 Å². The van der Waals surface area contributed by atoms with Crippen LogP contribution in [0.25, 0.3) is 43.9 Å². The van der Waals surface area contributed by atoms with Gasteiger partial charge in [-0.05, 0) is 36.2 Å². The van der Waals surface area contributed by atoms with Crippen LogP contribution >= 0.6 is 0 Å². The van der Waals surface area contributed by atoms with Gasteiger partial charge in [-0.15, -0.1) is 0 Å². The lowest BCUT2D eigenvalue weighted by Gasteiger charge is -2.08. The average molecular weight is 537 g/mol. The first-order valence-corrected chi connectivity index (χ1v) is 13.5. The Morgan fingerprint density at radius 3 is 1.92 bits per heavy atom. The highest BCUT2D eigenvalue weighted by Crippen LogP contribution is 2.41. The van der Waals surface area contributed by atoms with E-state index in [9.17, 15) is 0 Å². The van der Waals surface area contributed by atoms with Crippen LogP contribution in [0.2, 0.25) is 0 Å². The fourth-order valence-electron chi connectivity index (χ4n) is 4.67. The standard InChI is InChI=1S/C31H36O8/c1-3-22-20-26-24-6-4-5-7-27(24)38-30(26)31-29(22)25-9-8-23(21-28(25)39-31)37-19-18-36-17-16-35-15-14-34-13-12-33-11-10-32-2/h4-9,20-21H,3,10-19H2,1-2H3. The van der Waals surface area contributed by atoms with Gasteiger partial charge in [-0.2, -0.15) is 0 Å². The van der Waals surface area contributed by atoms with E-state index in [1.54, 1.807) is 7.11 Å². The molecule has 8 nitrogen and oxygen atoms in total. The third kappa shape index (κ3) is 6.54. The van der Waals surface area contributed by atoms with Crippen LogP contribution in [0.1, 0.15) is 12.5 Å². The summed E-state index contributed by atoms with van der Waals surface area (Å²) in [5, 5.41) is 4.36. The molecule has 0 aliphatic heterocycles. The van der Waals surface area contributed by atoms with E-state index >= 15 is 0 Å². The van der Waals surface area contributed by atoms with Gasteiger partial charge in [0.1, 0.15) is 23.5 Å². The Kier molecular flexibility index (Phi) is 9.69. The maximum atomic E-state index is 6.36. The summed E-state index contributed by atoms with van der Waals surface area (Å²) in [5.41, 5.74) is 4.46. The summed E-state index contributed by atoms with van der Waals surface area (Å²) in [4.78, 5) is 0. The molecule has 8 heteroatoms. The van der Waals surface area contributed by atoms with Crippen LogP contribution < -0.4 is 4.74 Å². The fraction of sp³-hybridized carbons (Fsp3) is 0.419. The van der Waals surface area contributed by atoms with Gasteiger partial charge in [-0.3, -0.25) is 0 Å². The van der Waals surface area contributed by atoms with Crippen molar-refractivity contribution in [3.63, 3.8) is 0 Å². The number of hydrogen-bond donors (Lipinski definition) is 0. The number of hydrogen-bond acceptors (Lipinski definition) is 8. The molecule has 0 aliphatic rings. The van der Waals surface area contributed by atoms with Gasteiger partial charge in [0.25, 0.3) is 0 Å². The Morgan fingerprint density at radius 2 is 1.23 bits per heavy atom. The van der Waals surface area contributed by atoms with Crippen molar-refractivity contribution in [1.29, 1.82) is 0 Å². The molecule has 0 atom stereocenters. The number of para-hydroxylation sites is 1. The molecule has 0 saturated heterocycles. The zero-order valence-electron chi connectivity index (χ0n) is 22.7. The van der Waals surface area contributed by atoms with Crippen molar-refractivity contribution in [1.82, 2.24) is 0 Å². The summed E-state index contributed by atoms with van der Waals surface area (Å²) in [6, 6.07) is 16.3. The smallest absolute Gasteiger partial charge is 0.178 e. The maximum Gasteiger partial charge on any atom is 0.178 e. The van der Waals surface area contributed by atoms with E-state index in [4.69, 9.17) is 37.3 Å². The van der Waals surface area contributed by atoms with Crippen molar-refractivity contribution in [3.05, 3.63) is 54.1 Å². The predicted octanol–water partition coefficient (Wildman–Crippen LogP) is 6.14. The largest absolute Gasteiger partial charge is 0.491 e. The summed E-state index contributed by atoms with van der Waals surface area (Å²) in [5.74, 6) is 0.739. The molecule has 0 radical (unpaired) electrons. The summed E-state index contributed by atoms with van der Waals surface area (Å²) in [6.07, 6.45) is 0.900. The number of furan rings is 2. The van der Waals surface area contributed by atoms with Gasteiger partial charge in [-0.25, -0.2) is 0 Å². The molecule has 0 unspecified atom stereocenters. The van der Waals surface area contributed by atoms with Gasteiger partial charge < -0.3 is 37.3 Å². The van der Waals surface area contributed by atoms with Crippen LogP contribution in [0.3, 0.4) is 0 Å². The van der Waals surface area contributed by atoms with E-state index in [1.807, 2.05) is 30.3 Å².